The first-order valence-corrected chi connectivity index (χ1v) is 9.38. The lowest BCUT2D eigenvalue weighted by Gasteiger charge is -2.24. The number of nitrogens with zero attached hydrogens (tertiary/aromatic N) is 1. The molecule has 6 nitrogen and oxygen atoms in total. The number of rotatable bonds is 9. The number of para-hydroxylation sites is 1. The number of hydrogen-bond acceptors (Lipinski definition) is 4. The Kier molecular flexibility index (Phi) is 6.97. The van der Waals surface area contributed by atoms with Crippen LogP contribution in [0.4, 0.5) is 5.69 Å². The molecule has 0 fully saturated rings. The van der Waals surface area contributed by atoms with E-state index in [1.54, 1.807) is 55.6 Å². The summed E-state index contributed by atoms with van der Waals surface area (Å²) >= 11 is 0. The molecule has 25 heavy (non-hydrogen) atoms. The van der Waals surface area contributed by atoms with Crippen molar-refractivity contribution in [2.75, 3.05) is 31.1 Å². The van der Waals surface area contributed by atoms with Crippen molar-refractivity contribution in [1.82, 2.24) is 5.32 Å². The average molecular weight is 362 g/mol. The summed E-state index contributed by atoms with van der Waals surface area (Å²) in [5.74, 6) is -0.362. The van der Waals surface area contributed by atoms with Gasteiger partial charge in [0.1, 0.15) is 6.54 Å². The van der Waals surface area contributed by atoms with Crippen LogP contribution in [0.25, 0.3) is 0 Å². The largest absolute Gasteiger partial charge is 0.385 e. The van der Waals surface area contributed by atoms with Crippen molar-refractivity contribution in [2.24, 2.45) is 0 Å². The summed E-state index contributed by atoms with van der Waals surface area (Å²) in [6.07, 6.45) is 0.666. The fourth-order valence-electron chi connectivity index (χ4n) is 2.26. The van der Waals surface area contributed by atoms with Crippen molar-refractivity contribution in [3.05, 3.63) is 60.7 Å². The molecule has 1 amide bonds. The predicted molar refractivity (Wildman–Crippen MR) is 96.9 cm³/mol. The fourth-order valence-corrected chi connectivity index (χ4v) is 3.70. The first-order valence-electron chi connectivity index (χ1n) is 7.94. The molecule has 0 bridgehead atoms. The van der Waals surface area contributed by atoms with Gasteiger partial charge in [-0.25, -0.2) is 8.42 Å². The van der Waals surface area contributed by atoms with Gasteiger partial charge in [-0.15, -0.1) is 0 Å². The van der Waals surface area contributed by atoms with Crippen molar-refractivity contribution in [3.8, 4) is 0 Å². The van der Waals surface area contributed by atoms with Crippen LogP contribution in [0, 0.1) is 0 Å². The second-order valence-corrected chi connectivity index (χ2v) is 7.22. The lowest BCUT2D eigenvalue weighted by Crippen LogP contribution is -2.41. The van der Waals surface area contributed by atoms with E-state index in [9.17, 15) is 13.2 Å². The van der Waals surface area contributed by atoms with Gasteiger partial charge in [0.05, 0.1) is 10.6 Å². The fraction of sp³-hybridized carbons (Fsp3) is 0.278. The van der Waals surface area contributed by atoms with E-state index in [-0.39, 0.29) is 17.3 Å². The Morgan fingerprint density at radius 1 is 1.04 bits per heavy atom. The molecule has 1 N–H and O–H groups in total. The quantitative estimate of drug-likeness (QED) is 0.693. The van der Waals surface area contributed by atoms with Gasteiger partial charge in [-0.3, -0.25) is 9.10 Å². The molecule has 7 heteroatoms. The van der Waals surface area contributed by atoms with E-state index in [0.717, 1.165) is 4.31 Å². The topological polar surface area (TPSA) is 75.7 Å². The summed E-state index contributed by atoms with van der Waals surface area (Å²) in [5, 5.41) is 2.72. The summed E-state index contributed by atoms with van der Waals surface area (Å²) in [7, 11) is -2.25. The van der Waals surface area contributed by atoms with Crippen molar-refractivity contribution in [2.45, 2.75) is 11.3 Å². The van der Waals surface area contributed by atoms with Crippen molar-refractivity contribution in [3.63, 3.8) is 0 Å². The molecule has 0 aliphatic heterocycles. The van der Waals surface area contributed by atoms with E-state index in [1.807, 2.05) is 0 Å². The van der Waals surface area contributed by atoms with Gasteiger partial charge >= 0.3 is 0 Å². The Labute approximate surface area is 148 Å². The van der Waals surface area contributed by atoms with E-state index in [4.69, 9.17) is 4.74 Å². The minimum Gasteiger partial charge on any atom is -0.385 e. The molecule has 0 atom stereocenters. The van der Waals surface area contributed by atoms with Crippen LogP contribution in [0.15, 0.2) is 65.6 Å². The zero-order valence-electron chi connectivity index (χ0n) is 14.1. The molecule has 0 heterocycles. The Bertz CT molecular complexity index is 764. The molecule has 2 aromatic rings. The number of methoxy groups -OCH3 is 1. The Morgan fingerprint density at radius 2 is 1.64 bits per heavy atom. The Balaban J connectivity index is 2.22. The second kappa shape index (κ2) is 9.19. The molecule has 2 rings (SSSR count). The summed E-state index contributed by atoms with van der Waals surface area (Å²) in [4.78, 5) is 12.4. The minimum absolute atomic E-state index is 0.144. The van der Waals surface area contributed by atoms with E-state index in [1.165, 1.54) is 12.1 Å². The number of amides is 1. The monoisotopic (exact) mass is 362 g/mol. The molecular formula is C18H22N2O4S. The molecule has 0 saturated carbocycles. The van der Waals surface area contributed by atoms with Crippen molar-refractivity contribution < 1.29 is 17.9 Å². The number of ether oxygens (including phenoxy) is 1. The first-order chi connectivity index (χ1) is 12.1. The lowest BCUT2D eigenvalue weighted by molar-refractivity contribution is -0.119. The van der Waals surface area contributed by atoms with E-state index >= 15 is 0 Å². The summed E-state index contributed by atoms with van der Waals surface area (Å²) in [5.41, 5.74) is 0.443. The SMILES string of the molecule is COCCCNC(=O)CN(c1ccccc1)S(=O)(=O)c1ccccc1. The van der Waals surface area contributed by atoms with Crippen LogP contribution in [0.1, 0.15) is 6.42 Å². The zero-order chi connectivity index (χ0) is 18.1. The lowest BCUT2D eigenvalue weighted by atomic mass is 10.3. The minimum atomic E-state index is -3.84. The highest BCUT2D eigenvalue weighted by Gasteiger charge is 2.26. The number of anilines is 1. The number of carbonyl (C=O) groups is 1. The third-order valence-electron chi connectivity index (χ3n) is 3.51. The first kappa shape index (κ1) is 19.0. The van der Waals surface area contributed by atoms with Crippen molar-refractivity contribution >= 4 is 21.6 Å². The average Bonchev–Trinajstić information content (AvgIpc) is 2.64. The predicted octanol–water partition coefficient (Wildman–Crippen LogP) is 2.03. The molecule has 134 valence electrons. The Hall–Kier alpha value is -2.38. The number of nitrogens with one attached hydrogen (secondary N) is 1. The number of sulfonamides is 1. The zero-order valence-corrected chi connectivity index (χ0v) is 14.9. The van der Waals surface area contributed by atoms with E-state index in [2.05, 4.69) is 5.32 Å². The molecule has 0 aromatic heterocycles. The standard InChI is InChI=1S/C18H22N2O4S/c1-24-14-8-13-19-18(21)15-20(16-9-4-2-5-10-16)25(22,23)17-11-6-3-7-12-17/h2-7,9-12H,8,13-15H2,1H3,(H,19,21). The molecule has 0 unspecified atom stereocenters. The van der Waals surface area contributed by atoms with E-state index in [0.29, 0.717) is 25.3 Å². The maximum Gasteiger partial charge on any atom is 0.264 e. The van der Waals surface area contributed by atoms with Crippen molar-refractivity contribution in [1.29, 1.82) is 0 Å². The van der Waals surface area contributed by atoms with E-state index < -0.39 is 10.0 Å². The molecule has 0 radical (unpaired) electrons. The maximum absolute atomic E-state index is 13.0. The van der Waals surface area contributed by atoms with Crippen LogP contribution in [-0.2, 0) is 19.6 Å². The van der Waals surface area contributed by atoms with Crippen LogP contribution in [0.5, 0.6) is 0 Å². The van der Waals surface area contributed by atoms with Crippen LogP contribution in [0.3, 0.4) is 0 Å². The molecular weight excluding hydrogens is 340 g/mol. The van der Waals surface area contributed by atoms with Gasteiger partial charge in [-0.1, -0.05) is 36.4 Å². The Morgan fingerprint density at radius 3 is 2.24 bits per heavy atom. The highest BCUT2D eigenvalue weighted by molar-refractivity contribution is 7.92. The van der Waals surface area contributed by atoms with Gasteiger partial charge in [0.15, 0.2) is 0 Å². The summed E-state index contributed by atoms with van der Waals surface area (Å²) < 4.78 is 32.0. The van der Waals surface area contributed by atoms with Gasteiger partial charge in [-0.2, -0.15) is 0 Å². The van der Waals surface area contributed by atoms with Gasteiger partial charge in [0.2, 0.25) is 5.91 Å². The molecule has 0 spiro atoms. The number of hydrogen-bond donors (Lipinski definition) is 1. The summed E-state index contributed by atoms with van der Waals surface area (Å²) in [6, 6.07) is 16.7. The molecule has 0 aliphatic carbocycles. The molecule has 2 aromatic carbocycles. The number of carbonyl (C=O) groups excluding carboxylic acids is 1. The number of benzene rings is 2. The van der Waals surface area contributed by atoms with Gasteiger partial charge in [-0.05, 0) is 30.7 Å². The van der Waals surface area contributed by atoms with Gasteiger partial charge in [0.25, 0.3) is 10.0 Å². The van der Waals surface area contributed by atoms with Gasteiger partial charge < -0.3 is 10.1 Å². The third kappa shape index (κ3) is 5.30. The van der Waals surface area contributed by atoms with Crippen LogP contribution in [0.2, 0.25) is 0 Å². The molecule has 0 saturated heterocycles. The highest BCUT2D eigenvalue weighted by Crippen LogP contribution is 2.22. The normalized spacial score (nSPS) is 11.1. The van der Waals surface area contributed by atoms with Gasteiger partial charge in [0, 0.05) is 20.3 Å². The second-order valence-electron chi connectivity index (χ2n) is 5.36. The van der Waals surface area contributed by atoms with Crippen LogP contribution < -0.4 is 9.62 Å². The van der Waals surface area contributed by atoms with Crippen LogP contribution in [-0.4, -0.2) is 41.1 Å². The van der Waals surface area contributed by atoms with Crippen LogP contribution >= 0.6 is 0 Å². The summed E-state index contributed by atoms with van der Waals surface area (Å²) in [6.45, 7) is 0.680. The molecule has 0 aliphatic rings. The third-order valence-corrected chi connectivity index (χ3v) is 5.30. The highest BCUT2D eigenvalue weighted by atomic mass is 32.2. The maximum atomic E-state index is 13.0. The smallest absolute Gasteiger partial charge is 0.264 e.